The van der Waals surface area contributed by atoms with E-state index in [4.69, 9.17) is 0 Å². The highest BCUT2D eigenvalue weighted by molar-refractivity contribution is 6.24. The lowest BCUT2D eigenvalue weighted by atomic mass is 9.66. The van der Waals surface area contributed by atoms with Gasteiger partial charge in [0.1, 0.15) is 17.1 Å². The van der Waals surface area contributed by atoms with Crippen molar-refractivity contribution in [1.82, 2.24) is 0 Å². The van der Waals surface area contributed by atoms with Gasteiger partial charge in [-0.05, 0) is 60.8 Å². The maximum absolute atomic E-state index is 13.6. The van der Waals surface area contributed by atoms with Crippen LogP contribution >= 0.6 is 0 Å². The summed E-state index contributed by atoms with van der Waals surface area (Å²) in [6, 6.07) is 0. The quantitative estimate of drug-likeness (QED) is 0.361. The van der Waals surface area contributed by atoms with Gasteiger partial charge in [0.2, 0.25) is 0 Å². The van der Waals surface area contributed by atoms with E-state index in [1.54, 1.807) is 13.8 Å². The Labute approximate surface area is 175 Å². The van der Waals surface area contributed by atoms with E-state index in [-0.39, 0.29) is 41.9 Å². The average molecular weight is 401 g/mol. The Hall–Kier alpha value is -2.36. The van der Waals surface area contributed by atoms with E-state index in [9.17, 15) is 19.8 Å². The Kier molecular flexibility index (Phi) is 8.43. The summed E-state index contributed by atoms with van der Waals surface area (Å²) < 4.78 is 0. The number of carbonyl (C=O) groups is 2. The molecule has 4 heteroatoms. The number of Topliss-reactive ketones (excluding diaryl/α,β-unsaturated/α-hetero) is 2. The molecule has 1 aliphatic rings. The Morgan fingerprint density at radius 2 is 1.34 bits per heavy atom. The molecule has 0 aromatic heterocycles. The van der Waals surface area contributed by atoms with Crippen molar-refractivity contribution in [2.75, 3.05) is 0 Å². The standard InChI is InChI=1S/C25H36O4/c1-15(2)9-10-19-22(27)20(21(26)18(7)8)24(29)25(23(19)28,13-11-16(3)4)14-12-17(5)6/h9,11-12,18,27-28H,10,13-14H2,1-8H3. The predicted molar refractivity (Wildman–Crippen MR) is 119 cm³/mol. The molecule has 160 valence electrons. The summed E-state index contributed by atoms with van der Waals surface area (Å²) in [5, 5.41) is 22.1. The van der Waals surface area contributed by atoms with Crippen molar-refractivity contribution in [3.63, 3.8) is 0 Å². The van der Waals surface area contributed by atoms with Crippen LogP contribution in [0.5, 0.6) is 0 Å². The normalized spacial score (nSPS) is 16.1. The molecule has 2 N–H and O–H groups in total. The van der Waals surface area contributed by atoms with Gasteiger partial charge in [0.25, 0.3) is 0 Å². The summed E-state index contributed by atoms with van der Waals surface area (Å²) >= 11 is 0. The highest BCUT2D eigenvalue weighted by atomic mass is 16.3. The van der Waals surface area contributed by atoms with Gasteiger partial charge in [-0.3, -0.25) is 9.59 Å². The Morgan fingerprint density at radius 3 is 1.72 bits per heavy atom. The molecular formula is C25H36O4. The third-order valence-electron chi connectivity index (χ3n) is 5.13. The number of hydrogen-bond donors (Lipinski definition) is 2. The predicted octanol–water partition coefficient (Wildman–Crippen LogP) is 6.47. The highest BCUT2D eigenvalue weighted by Crippen LogP contribution is 2.47. The van der Waals surface area contributed by atoms with Gasteiger partial charge in [0.15, 0.2) is 11.6 Å². The van der Waals surface area contributed by atoms with Crippen LogP contribution in [0.1, 0.15) is 74.7 Å². The summed E-state index contributed by atoms with van der Waals surface area (Å²) in [6.45, 7) is 15.0. The molecule has 0 bridgehead atoms. The molecule has 4 nitrogen and oxygen atoms in total. The van der Waals surface area contributed by atoms with Crippen LogP contribution in [0.15, 0.2) is 57.6 Å². The van der Waals surface area contributed by atoms with Gasteiger partial charge < -0.3 is 10.2 Å². The summed E-state index contributed by atoms with van der Waals surface area (Å²) in [4.78, 5) is 26.5. The van der Waals surface area contributed by atoms with Crippen molar-refractivity contribution in [2.45, 2.75) is 74.7 Å². The second-order valence-electron chi connectivity index (χ2n) is 8.94. The monoisotopic (exact) mass is 400 g/mol. The van der Waals surface area contributed by atoms with E-state index in [1.807, 2.05) is 59.8 Å². The SMILES string of the molecule is CC(C)=CCC1=C(O)C(CC=C(C)C)(CC=C(C)C)C(=O)C(C(=O)C(C)C)=C1O. The molecule has 0 amide bonds. The van der Waals surface area contributed by atoms with Crippen LogP contribution in [0.4, 0.5) is 0 Å². The van der Waals surface area contributed by atoms with E-state index in [0.29, 0.717) is 0 Å². The van der Waals surface area contributed by atoms with Crippen LogP contribution in [-0.2, 0) is 9.59 Å². The summed E-state index contributed by atoms with van der Waals surface area (Å²) in [7, 11) is 0. The van der Waals surface area contributed by atoms with Crippen molar-refractivity contribution < 1.29 is 19.8 Å². The first-order valence-corrected chi connectivity index (χ1v) is 10.2. The van der Waals surface area contributed by atoms with Crippen LogP contribution in [0.3, 0.4) is 0 Å². The molecule has 0 aromatic rings. The third kappa shape index (κ3) is 5.59. The molecule has 1 rings (SSSR count). The van der Waals surface area contributed by atoms with Crippen LogP contribution in [-0.4, -0.2) is 21.8 Å². The summed E-state index contributed by atoms with van der Waals surface area (Å²) in [5.74, 6) is -1.84. The fourth-order valence-corrected chi connectivity index (χ4v) is 3.24. The molecule has 0 fully saturated rings. The number of rotatable bonds is 8. The lowest BCUT2D eigenvalue weighted by molar-refractivity contribution is -0.129. The number of allylic oxidation sites excluding steroid dienone is 9. The van der Waals surface area contributed by atoms with Gasteiger partial charge in [-0.15, -0.1) is 0 Å². The minimum atomic E-state index is -1.29. The van der Waals surface area contributed by atoms with E-state index < -0.39 is 22.9 Å². The first-order valence-electron chi connectivity index (χ1n) is 10.2. The molecule has 0 aliphatic heterocycles. The molecule has 0 saturated carbocycles. The minimum Gasteiger partial charge on any atom is -0.511 e. The summed E-state index contributed by atoms with van der Waals surface area (Å²) in [6.07, 6.45) is 6.49. The van der Waals surface area contributed by atoms with Crippen molar-refractivity contribution in [3.05, 3.63) is 57.6 Å². The smallest absolute Gasteiger partial charge is 0.184 e. The number of hydrogen-bond acceptors (Lipinski definition) is 4. The van der Waals surface area contributed by atoms with E-state index in [1.165, 1.54) is 0 Å². The molecule has 0 saturated heterocycles. The van der Waals surface area contributed by atoms with E-state index >= 15 is 0 Å². The molecule has 1 aliphatic carbocycles. The lowest BCUT2D eigenvalue weighted by Gasteiger charge is -2.36. The van der Waals surface area contributed by atoms with Crippen molar-refractivity contribution in [3.8, 4) is 0 Å². The van der Waals surface area contributed by atoms with Gasteiger partial charge in [-0.1, -0.05) is 48.8 Å². The van der Waals surface area contributed by atoms with Crippen molar-refractivity contribution >= 4 is 11.6 Å². The third-order valence-corrected chi connectivity index (χ3v) is 5.13. The largest absolute Gasteiger partial charge is 0.511 e. The second-order valence-corrected chi connectivity index (χ2v) is 8.94. The maximum atomic E-state index is 13.6. The first-order chi connectivity index (χ1) is 13.3. The topological polar surface area (TPSA) is 74.6 Å². The molecule has 0 spiro atoms. The van der Waals surface area contributed by atoms with Gasteiger partial charge in [-0.25, -0.2) is 0 Å². The zero-order valence-electron chi connectivity index (χ0n) is 19.1. The first kappa shape index (κ1) is 24.7. The number of carbonyl (C=O) groups excluding carboxylic acids is 2. The number of ketones is 2. The highest BCUT2D eigenvalue weighted by Gasteiger charge is 2.50. The molecular weight excluding hydrogens is 364 g/mol. The van der Waals surface area contributed by atoms with Crippen LogP contribution in [0.25, 0.3) is 0 Å². The molecule has 0 atom stereocenters. The van der Waals surface area contributed by atoms with Crippen LogP contribution in [0, 0.1) is 11.3 Å². The van der Waals surface area contributed by atoms with Crippen LogP contribution in [0.2, 0.25) is 0 Å². The number of aliphatic hydroxyl groups excluding tert-OH is 2. The minimum absolute atomic E-state index is 0.132. The maximum Gasteiger partial charge on any atom is 0.184 e. The van der Waals surface area contributed by atoms with E-state index in [0.717, 1.165) is 16.7 Å². The second kappa shape index (κ2) is 9.91. The Balaban J connectivity index is 3.86. The lowest BCUT2D eigenvalue weighted by Crippen LogP contribution is -2.41. The van der Waals surface area contributed by atoms with Gasteiger partial charge in [0.05, 0.1) is 5.41 Å². The molecule has 29 heavy (non-hydrogen) atoms. The van der Waals surface area contributed by atoms with Gasteiger partial charge in [-0.2, -0.15) is 0 Å². The van der Waals surface area contributed by atoms with Crippen molar-refractivity contribution in [1.29, 1.82) is 0 Å². The molecule has 0 heterocycles. The fourth-order valence-electron chi connectivity index (χ4n) is 3.24. The van der Waals surface area contributed by atoms with Gasteiger partial charge in [0, 0.05) is 11.5 Å². The van der Waals surface area contributed by atoms with E-state index in [2.05, 4.69) is 0 Å². The zero-order valence-corrected chi connectivity index (χ0v) is 19.1. The molecule has 0 aromatic carbocycles. The van der Waals surface area contributed by atoms with Crippen LogP contribution < -0.4 is 0 Å². The Morgan fingerprint density at radius 1 is 0.897 bits per heavy atom. The van der Waals surface area contributed by atoms with Crippen molar-refractivity contribution in [2.24, 2.45) is 11.3 Å². The average Bonchev–Trinajstić information content (AvgIpc) is 2.60. The fraction of sp³-hybridized carbons (Fsp3) is 0.520. The van der Waals surface area contributed by atoms with Gasteiger partial charge >= 0.3 is 0 Å². The zero-order chi connectivity index (χ0) is 22.5. The molecule has 0 radical (unpaired) electrons. The summed E-state index contributed by atoms with van der Waals surface area (Å²) in [5.41, 5.74) is 1.85. The Bertz CT molecular complexity index is 797. The molecule has 0 unspecified atom stereocenters. The number of aliphatic hydroxyl groups is 2.